The Morgan fingerprint density at radius 3 is 2.53 bits per heavy atom. The van der Waals surface area contributed by atoms with E-state index >= 15 is 0 Å². The van der Waals surface area contributed by atoms with Gasteiger partial charge < -0.3 is 4.90 Å². The molecule has 38 heavy (non-hydrogen) atoms. The zero-order valence-corrected chi connectivity index (χ0v) is 23.5. The van der Waals surface area contributed by atoms with Crippen LogP contribution in [0.15, 0.2) is 71.5 Å². The summed E-state index contributed by atoms with van der Waals surface area (Å²) in [6.45, 7) is 9.47. The lowest BCUT2D eigenvalue weighted by Crippen LogP contribution is -2.42. The molecule has 1 unspecified atom stereocenters. The number of unbranched alkanes of at least 4 members (excludes halogenated alkanes) is 1. The van der Waals surface area contributed by atoms with Crippen molar-refractivity contribution in [2.24, 2.45) is 5.92 Å². The van der Waals surface area contributed by atoms with Crippen molar-refractivity contribution in [1.82, 2.24) is 14.5 Å². The van der Waals surface area contributed by atoms with Gasteiger partial charge in [0.25, 0.3) is 5.56 Å². The molecule has 0 saturated carbocycles. The fourth-order valence-electron chi connectivity index (χ4n) is 5.64. The van der Waals surface area contributed by atoms with E-state index in [9.17, 15) is 4.79 Å². The Bertz CT molecular complexity index is 1460. The highest BCUT2D eigenvalue weighted by Gasteiger charge is 2.24. The third-order valence-electron chi connectivity index (χ3n) is 7.90. The number of aryl methyl sites for hydroxylation is 1. The van der Waals surface area contributed by atoms with Gasteiger partial charge in [-0.3, -0.25) is 9.36 Å². The van der Waals surface area contributed by atoms with Gasteiger partial charge >= 0.3 is 0 Å². The smallest absolute Gasteiger partial charge is 0.261 e. The summed E-state index contributed by atoms with van der Waals surface area (Å²) in [4.78, 5) is 21.7. The molecule has 4 aromatic rings. The molecule has 1 aliphatic heterocycles. The van der Waals surface area contributed by atoms with Crippen molar-refractivity contribution in [2.45, 2.75) is 65.5 Å². The lowest BCUT2D eigenvalue weighted by molar-refractivity contribution is 0.130. The summed E-state index contributed by atoms with van der Waals surface area (Å²) in [5.41, 5.74) is 5.03. The summed E-state index contributed by atoms with van der Waals surface area (Å²) in [5.74, 6) is 1.05. The van der Waals surface area contributed by atoms with E-state index in [1.54, 1.807) is 0 Å². The van der Waals surface area contributed by atoms with Crippen LogP contribution in [0.5, 0.6) is 0 Å². The van der Waals surface area contributed by atoms with Crippen molar-refractivity contribution in [3.05, 3.63) is 87.7 Å². The first-order valence-corrected chi connectivity index (χ1v) is 14.4. The monoisotopic (exact) mass is 527 g/mol. The topological polar surface area (TPSA) is 38.1 Å². The summed E-state index contributed by atoms with van der Waals surface area (Å²) >= 11 is 6.63. The molecule has 5 heteroatoms. The maximum atomic E-state index is 14.1. The number of nitrogens with zero attached hydrogens (tertiary/aromatic N) is 3. The van der Waals surface area contributed by atoms with Crippen molar-refractivity contribution in [1.29, 1.82) is 0 Å². The molecule has 0 bridgehead atoms. The van der Waals surface area contributed by atoms with Gasteiger partial charge in [0.05, 0.1) is 15.9 Å². The molecule has 1 aliphatic rings. The Hall–Kier alpha value is -2.95. The molecule has 0 spiro atoms. The molecular weight excluding hydrogens is 490 g/mol. The van der Waals surface area contributed by atoms with E-state index in [4.69, 9.17) is 16.6 Å². The standard InChI is InChI=1S/C33H38ClN3O/c1-4-5-9-24-13-15-26(16-14-24)27-17-18-31-29(20-27)33(38)37(22-25-10-8-19-36(21-25)23(2)3)32(35-31)28-11-6-7-12-30(28)34/h6-7,11-18,20,23,25H,4-5,8-10,19,21-22H2,1-3H3. The molecule has 0 N–H and O–H groups in total. The van der Waals surface area contributed by atoms with Gasteiger partial charge in [-0.2, -0.15) is 0 Å². The molecule has 4 nitrogen and oxygen atoms in total. The van der Waals surface area contributed by atoms with Gasteiger partial charge in [-0.1, -0.05) is 67.4 Å². The Morgan fingerprint density at radius 1 is 1.03 bits per heavy atom. The molecule has 0 amide bonds. The minimum Gasteiger partial charge on any atom is -0.301 e. The largest absolute Gasteiger partial charge is 0.301 e. The number of piperidine rings is 1. The summed E-state index contributed by atoms with van der Waals surface area (Å²) in [6.07, 6.45) is 5.75. The van der Waals surface area contributed by atoms with E-state index in [-0.39, 0.29) is 5.56 Å². The average Bonchev–Trinajstić information content (AvgIpc) is 2.94. The van der Waals surface area contributed by atoms with Crippen LogP contribution in [0.1, 0.15) is 52.0 Å². The number of hydrogen-bond donors (Lipinski definition) is 0. The second-order valence-corrected chi connectivity index (χ2v) is 11.4. The summed E-state index contributed by atoms with van der Waals surface area (Å²) in [6, 6.07) is 23.0. The highest BCUT2D eigenvalue weighted by Crippen LogP contribution is 2.30. The lowest BCUT2D eigenvalue weighted by atomic mass is 9.96. The van der Waals surface area contributed by atoms with E-state index in [1.165, 1.54) is 18.4 Å². The Balaban J connectivity index is 1.58. The molecular formula is C33H38ClN3O. The van der Waals surface area contributed by atoms with Crippen LogP contribution in [0.25, 0.3) is 33.4 Å². The lowest BCUT2D eigenvalue weighted by Gasteiger charge is -2.36. The van der Waals surface area contributed by atoms with Gasteiger partial charge in [-0.05, 0) is 92.9 Å². The molecule has 198 valence electrons. The Labute approximate surface area is 231 Å². The van der Waals surface area contributed by atoms with E-state index in [2.05, 4.69) is 56.0 Å². The van der Waals surface area contributed by atoms with Crippen molar-refractivity contribution in [2.75, 3.05) is 13.1 Å². The van der Waals surface area contributed by atoms with Crippen molar-refractivity contribution in [3.8, 4) is 22.5 Å². The molecule has 1 atom stereocenters. The van der Waals surface area contributed by atoms with Crippen LogP contribution in [0.2, 0.25) is 5.02 Å². The summed E-state index contributed by atoms with van der Waals surface area (Å²) in [5, 5.41) is 1.27. The molecule has 3 aromatic carbocycles. The minimum atomic E-state index is 0.00741. The van der Waals surface area contributed by atoms with Crippen LogP contribution in [0, 0.1) is 5.92 Å². The number of benzene rings is 3. The molecule has 2 heterocycles. The van der Waals surface area contributed by atoms with Gasteiger partial charge in [0.1, 0.15) is 5.82 Å². The van der Waals surface area contributed by atoms with Crippen molar-refractivity contribution in [3.63, 3.8) is 0 Å². The van der Waals surface area contributed by atoms with E-state index in [1.807, 2.05) is 41.0 Å². The first-order valence-electron chi connectivity index (χ1n) is 14.1. The normalized spacial score (nSPS) is 16.4. The summed E-state index contributed by atoms with van der Waals surface area (Å²) in [7, 11) is 0. The van der Waals surface area contributed by atoms with E-state index < -0.39 is 0 Å². The zero-order valence-electron chi connectivity index (χ0n) is 22.8. The number of fused-ring (bicyclic) bond motifs is 1. The van der Waals surface area contributed by atoms with Crippen LogP contribution in [0.4, 0.5) is 0 Å². The molecule has 1 saturated heterocycles. The van der Waals surface area contributed by atoms with Crippen molar-refractivity contribution < 1.29 is 0 Å². The van der Waals surface area contributed by atoms with E-state index in [0.29, 0.717) is 40.3 Å². The van der Waals surface area contributed by atoms with Gasteiger partial charge in [-0.25, -0.2) is 4.98 Å². The minimum absolute atomic E-state index is 0.00741. The van der Waals surface area contributed by atoms with Gasteiger partial charge in [0.2, 0.25) is 0 Å². The number of rotatable bonds is 8. The fourth-order valence-corrected chi connectivity index (χ4v) is 5.86. The van der Waals surface area contributed by atoms with Gasteiger partial charge in [0.15, 0.2) is 0 Å². The number of aromatic nitrogens is 2. The quantitative estimate of drug-likeness (QED) is 0.234. The molecule has 1 fully saturated rings. The second kappa shape index (κ2) is 11.8. The third-order valence-corrected chi connectivity index (χ3v) is 8.23. The van der Waals surface area contributed by atoms with Gasteiger partial charge in [0, 0.05) is 24.7 Å². The number of likely N-dealkylation sites (tertiary alicyclic amines) is 1. The molecule has 5 rings (SSSR count). The van der Waals surface area contributed by atoms with Crippen LogP contribution in [-0.4, -0.2) is 33.6 Å². The molecule has 0 aliphatic carbocycles. The average molecular weight is 528 g/mol. The maximum absolute atomic E-state index is 14.1. The zero-order chi connectivity index (χ0) is 26.6. The molecule has 1 aromatic heterocycles. The van der Waals surface area contributed by atoms with Crippen LogP contribution < -0.4 is 5.56 Å². The van der Waals surface area contributed by atoms with Crippen LogP contribution >= 0.6 is 11.6 Å². The summed E-state index contributed by atoms with van der Waals surface area (Å²) < 4.78 is 1.88. The van der Waals surface area contributed by atoms with Crippen LogP contribution in [0.3, 0.4) is 0 Å². The number of halogens is 1. The highest BCUT2D eigenvalue weighted by atomic mass is 35.5. The van der Waals surface area contributed by atoms with Crippen molar-refractivity contribution >= 4 is 22.5 Å². The van der Waals surface area contributed by atoms with Crippen LogP contribution in [-0.2, 0) is 13.0 Å². The predicted molar refractivity (Wildman–Crippen MR) is 160 cm³/mol. The number of hydrogen-bond acceptors (Lipinski definition) is 3. The van der Waals surface area contributed by atoms with Gasteiger partial charge in [-0.15, -0.1) is 0 Å². The maximum Gasteiger partial charge on any atom is 0.261 e. The first kappa shape index (κ1) is 26.6. The second-order valence-electron chi connectivity index (χ2n) is 11.0. The predicted octanol–water partition coefficient (Wildman–Crippen LogP) is 7.85. The van der Waals surface area contributed by atoms with E-state index in [0.717, 1.165) is 49.0 Å². The highest BCUT2D eigenvalue weighted by molar-refractivity contribution is 6.33. The first-order chi connectivity index (χ1) is 18.4. The Morgan fingerprint density at radius 2 is 1.79 bits per heavy atom. The fraction of sp³-hybridized carbons (Fsp3) is 0.394. The molecule has 0 radical (unpaired) electrons. The Kier molecular flexibility index (Phi) is 8.30. The third kappa shape index (κ3) is 5.72. The SMILES string of the molecule is CCCCc1ccc(-c2ccc3nc(-c4ccccc4Cl)n(CC4CCCN(C(C)C)C4)c(=O)c3c2)cc1.